The van der Waals surface area contributed by atoms with Crippen molar-refractivity contribution in [3.63, 3.8) is 0 Å². The molecule has 0 aliphatic carbocycles. The summed E-state index contributed by atoms with van der Waals surface area (Å²) in [5.41, 5.74) is 0. The minimum Gasteiger partial charge on any atom is -0.391 e. The lowest BCUT2D eigenvalue weighted by molar-refractivity contribution is 0.122. The Balaban J connectivity index is 1.83. The lowest BCUT2D eigenvalue weighted by Crippen LogP contribution is -2.37. The fourth-order valence-corrected chi connectivity index (χ4v) is 3.28. The van der Waals surface area contributed by atoms with Gasteiger partial charge in [0.15, 0.2) is 0 Å². The molecule has 3 heterocycles. The molecule has 0 aromatic carbocycles. The van der Waals surface area contributed by atoms with Gasteiger partial charge in [0.25, 0.3) is 0 Å². The molecule has 5 nitrogen and oxygen atoms in total. The van der Waals surface area contributed by atoms with Crippen LogP contribution in [0.4, 0.5) is 11.6 Å². The van der Waals surface area contributed by atoms with Crippen LogP contribution >= 0.6 is 22.6 Å². The molecule has 2 aliphatic rings. The van der Waals surface area contributed by atoms with Crippen LogP contribution in [0.15, 0.2) is 12.1 Å². The number of hydrogen-bond acceptors (Lipinski definition) is 5. The fourth-order valence-electron chi connectivity index (χ4n) is 2.72. The van der Waals surface area contributed by atoms with Crippen LogP contribution in [0.3, 0.4) is 0 Å². The van der Waals surface area contributed by atoms with Crippen molar-refractivity contribution in [2.24, 2.45) is 5.92 Å². The van der Waals surface area contributed by atoms with Crippen LogP contribution in [-0.2, 0) is 4.74 Å². The highest BCUT2D eigenvalue weighted by Gasteiger charge is 2.29. The monoisotopic (exact) mass is 389 g/mol. The lowest BCUT2D eigenvalue weighted by Gasteiger charge is -2.29. The fraction of sp³-hybridized carbons (Fsp3) is 0.643. The maximum absolute atomic E-state index is 9.92. The van der Waals surface area contributed by atoms with Gasteiger partial charge in [-0.3, -0.25) is 0 Å². The molecule has 1 N–H and O–H groups in total. The van der Waals surface area contributed by atoms with Crippen molar-refractivity contribution in [1.82, 2.24) is 4.98 Å². The van der Waals surface area contributed by atoms with Crippen molar-refractivity contribution in [1.29, 1.82) is 0 Å². The Morgan fingerprint density at radius 2 is 1.85 bits per heavy atom. The van der Waals surface area contributed by atoms with E-state index in [9.17, 15) is 5.11 Å². The van der Waals surface area contributed by atoms with Gasteiger partial charge in [-0.05, 0) is 34.7 Å². The minimum absolute atomic E-state index is 0.249. The number of aliphatic hydroxyl groups excluding tert-OH is 1. The quantitative estimate of drug-likeness (QED) is 0.774. The average Bonchev–Trinajstić information content (AvgIpc) is 2.79. The standard InChI is InChI=1S/C14H20IN3O2/c1-10-8-18(9-12(10)19)14-7-11(15)6-13(16-14)17-2-4-20-5-3-17/h6-7,10,12,19H,2-5,8-9H2,1H3. The summed E-state index contributed by atoms with van der Waals surface area (Å²) in [6, 6.07) is 4.21. The van der Waals surface area contributed by atoms with Crippen LogP contribution in [0, 0.1) is 9.49 Å². The number of aliphatic hydroxyl groups is 1. The third-order valence-corrected chi connectivity index (χ3v) is 4.62. The van der Waals surface area contributed by atoms with E-state index in [-0.39, 0.29) is 6.10 Å². The van der Waals surface area contributed by atoms with Crippen molar-refractivity contribution in [2.75, 3.05) is 49.2 Å². The van der Waals surface area contributed by atoms with Gasteiger partial charge in [0.05, 0.1) is 19.3 Å². The third kappa shape index (κ3) is 3.01. The van der Waals surface area contributed by atoms with Gasteiger partial charge >= 0.3 is 0 Å². The summed E-state index contributed by atoms with van der Waals surface area (Å²) in [6.45, 7) is 6.95. The zero-order valence-electron chi connectivity index (χ0n) is 11.6. The topological polar surface area (TPSA) is 48.8 Å². The number of pyridine rings is 1. The van der Waals surface area contributed by atoms with Crippen LogP contribution < -0.4 is 9.80 Å². The Bertz CT molecular complexity index is 469. The highest BCUT2D eigenvalue weighted by Crippen LogP contribution is 2.27. The second-order valence-electron chi connectivity index (χ2n) is 5.55. The van der Waals surface area contributed by atoms with Gasteiger partial charge in [-0.1, -0.05) is 6.92 Å². The summed E-state index contributed by atoms with van der Waals surface area (Å²) in [4.78, 5) is 9.24. The maximum Gasteiger partial charge on any atom is 0.132 e. The predicted octanol–water partition coefficient (Wildman–Crippen LogP) is 1.34. The molecule has 0 bridgehead atoms. The van der Waals surface area contributed by atoms with Crippen LogP contribution in [0.25, 0.3) is 0 Å². The number of halogens is 1. The zero-order valence-corrected chi connectivity index (χ0v) is 13.8. The first-order chi connectivity index (χ1) is 9.63. The SMILES string of the molecule is CC1CN(c2cc(I)cc(N3CCOCC3)n2)CC1O. The number of rotatable bonds is 2. The maximum atomic E-state index is 9.92. The molecule has 20 heavy (non-hydrogen) atoms. The average molecular weight is 389 g/mol. The molecule has 2 fully saturated rings. The smallest absolute Gasteiger partial charge is 0.132 e. The molecule has 6 heteroatoms. The molecule has 0 saturated carbocycles. The molecule has 2 aliphatic heterocycles. The Morgan fingerprint density at radius 3 is 2.45 bits per heavy atom. The van der Waals surface area contributed by atoms with Gasteiger partial charge in [-0.25, -0.2) is 4.98 Å². The molecule has 2 saturated heterocycles. The first-order valence-electron chi connectivity index (χ1n) is 7.07. The van der Waals surface area contributed by atoms with Crippen molar-refractivity contribution >= 4 is 34.2 Å². The largest absolute Gasteiger partial charge is 0.391 e. The molecule has 110 valence electrons. The van der Waals surface area contributed by atoms with E-state index in [0.717, 1.165) is 44.5 Å². The number of ether oxygens (including phenoxy) is 1. The molecule has 2 atom stereocenters. The van der Waals surface area contributed by atoms with Gasteiger partial charge in [0, 0.05) is 35.7 Å². The highest BCUT2D eigenvalue weighted by molar-refractivity contribution is 14.1. The Hall–Kier alpha value is -0.600. The summed E-state index contributed by atoms with van der Waals surface area (Å²) in [5, 5.41) is 9.92. The van der Waals surface area contributed by atoms with E-state index in [1.54, 1.807) is 0 Å². The summed E-state index contributed by atoms with van der Waals surface area (Å²) in [5.74, 6) is 2.30. The third-order valence-electron chi connectivity index (χ3n) is 3.99. The summed E-state index contributed by atoms with van der Waals surface area (Å²) >= 11 is 2.34. The molecule has 0 radical (unpaired) electrons. The molecule has 3 rings (SSSR count). The Labute approximate surface area is 133 Å². The van der Waals surface area contributed by atoms with Gasteiger partial charge in [0.1, 0.15) is 11.6 Å². The normalized spacial score (nSPS) is 27.1. The predicted molar refractivity (Wildman–Crippen MR) is 87.4 cm³/mol. The second kappa shape index (κ2) is 6.03. The van der Waals surface area contributed by atoms with Crippen LogP contribution in [0.2, 0.25) is 0 Å². The number of aromatic nitrogens is 1. The zero-order chi connectivity index (χ0) is 14.1. The van der Waals surface area contributed by atoms with Crippen molar-refractivity contribution in [2.45, 2.75) is 13.0 Å². The van der Waals surface area contributed by atoms with Gasteiger partial charge in [-0.15, -0.1) is 0 Å². The van der Waals surface area contributed by atoms with Crippen molar-refractivity contribution in [3.05, 3.63) is 15.7 Å². The number of anilines is 2. The number of β-amino-alcohol motifs (C(OH)–C–C–N with tert-alkyl or cyclic N) is 1. The highest BCUT2D eigenvalue weighted by atomic mass is 127. The van der Waals surface area contributed by atoms with E-state index in [1.165, 1.54) is 3.57 Å². The van der Waals surface area contributed by atoms with E-state index in [1.807, 2.05) is 0 Å². The molecule has 1 aromatic heterocycles. The minimum atomic E-state index is -0.249. The van der Waals surface area contributed by atoms with Crippen LogP contribution in [0.1, 0.15) is 6.92 Å². The number of morpholine rings is 1. The van der Waals surface area contributed by atoms with Crippen LogP contribution in [-0.4, -0.2) is 55.6 Å². The van der Waals surface area contributed by atoms with Crippen LogP contribution in [0.5, 0.6) is 0 Å². The molecule has 2 unspecified atom stereocenters. The summed E-state index contributed by atoms with van der Waals surface area (Å²) in [7, 11) is 0. The molecule has 1 aromatic rings. The summed E-state index contributed by atoms with van der Waals surface area (Å²) in [6.07, 6.45) is -0.249. The van der Waals surface area contributed by atoms with Gasteiger partial charge < -0.3 is 19.6 Å². The van der Waals surface area contributed by atoms with E-state index in [4.69, 9.17) is 9.72 Å². The summed E-state index contributed by atoms with van der Waals surface area (Å²) < 4.78 is 6.58. The lowest BCUT2D eigenvalue weighted by atomic mass is 10.1. The van der Waals surface area contributed by atoms with Gasteiger partial charge in [0.2, 0.25) is 0 Å². The molecule has 0 amide bonds. The molecule has 0 spiro atoms. The van der Waals surface area contributed by atoms with E-state index in [0.29, 0.717) is 12.5 Å². The molecular formula is C14H20IN3O2. The number of nitrogens with zero attached hydrogens (tertiary/aromatic N) is 3. The van der Waals surface area contributed by atoms with Crippen molar-refractivity contribution < 1.29 is 9.84 Å². The van der Waals surface area contributed by atoms with E-state index < -0.39 is 0 Å². The van der Waals surface area contributed by atoms with Gasteiger partial charge in [-0.2, -0.15) is 0 Å². The second-order valence-corrected chi connectivity index (χ2v) is 6.80. The first kappa shape index (κ1) is 14.3. The Morgan fingerprint density at radius 1 is 1.20 bits per heavy atom. The van der Waals surface area contributed by atoms with Crippen molar-refractivity contribution in [3.8, 4) is 0 Å². The number of hydrogen-bond donors (Lipinski definition) is 1. The first-order valence-corrected chi connectivity index (χ1v) is 8.14. The Kier molecular flexibility index (Phi) is 4.32. The van der Waals surface area contributed by atoms with E-state index in [2.05, 4.69) is 51.4 Å². The van der Waals surface area contributed by atoms with E-state index >= 15 is 0 Å². The molecular weight excluding hydrogens is 369 g/mol.